The van der Waals surface area contributed by atoms with E-state index in [0.717, 1.165) is 11.0 Å². The summed E-state index contributed by atoms with van der Waals surface area (Å²) in [5.41, 5.74) is 0. The molecule has 0 amide bonds. The Hall–Kier alpha value is 0.0400. The molecule has 0 bridgehead atoms. The number of hydrogen-bond donors (Lipinski definition) is 1. The molecular formula is C13H16BrCl2NO. The van der Waals surface area contributed by atoms with Gasteiger partial charge in [-0.25, -0.2) is 0 Å². The molecular weight excluding hydrogens is 337 g/mol. The third-order valence-electron chi connectivity index (χ3n) is 3.12. The maximum atomic E-state index is 6.07. The first-order chi connectivity index (χ1) is 8.66. The molecule has 0 aromatic heterocycles. The van der Waals surface area contributed by atoms with Crippen molar-refractivity contribution in [2.24, 2.45) is 0 Å². The average Bonchev–Trinajstić information content (AvgIpc) is 2.84. The highest BCUT2D eigenvalue weighted by molar-refractivity contribution is 9.10. The maximum Gasteiger partial charge on any atom is 0.139 e. The first kappa shape index (κ1) is 14.4. The van der Waals surface area contributed by atoms with Crippen LogP contribution in [0.4, 0.5) is 0 Å². The van der Waals surface area contributed by atoms with Gasteiger partial charge in [0, 0.05) is 23.1 Å². The van der Waals surface area contributed by atoms with Crippen LogP contribution in [0.15, 0.2) is 16.6 Å². The summed E-state index contributed by atoms with van der Waals surface area (Å²) in [5.74, 6) is 0.637. The van der Waals surface area contributed by atoms with Gasteiger partial charge in [0.25, 0.3) is 0 Å². The zero-order valence-corrected chi connectivity index (χ0v) is 13.1. The van der Waals surface area contributed by atoms with Crippen LogP contribution in [0.3, 0.4) is 0 Å². The fourth-order valence-electron chi connectivity index (χ4n) is 2.17. The van der Waals surface area contributed by atoms with Crippen LogP contribution < -0.4 is 10.1 Å². The van der Waals surface area contributed by atoms with Crippen LogP contribution in [0.25, 0.3) is 0 Å². The normalized spacial score (nSPS) is 16.2. The van der Waals surface area contributed by atoms with Crippen molar-refractivity contribution < 1.29 is 4.74 Å². The van der Waals surface area contributed by atoms with Gasteiger partial charge >= 0.3 is 0 Å². The van der Waals surface area contributed by atoms with E-state index in [4.69, 9.17) is 27.9 Å². The molecule has 0 radical (unpaired) electrons. The lowest BCUT2D eigenvalue weighted by Gasteiger charge is -2.13. The van der Waals surface area contributed by atoms with Gasteiger partial charge in [-0.2, -0.15) is 0 Å². The molecule has 2 rings (SSSR count). The monoisotopic (exact) mass is 351 g/mol. The number of rotatable bonds is 5. The highest BCUT2D eigenvalue weighted by atomic mass is 79.9. The molecule has 1 fully saturated rings. The van der Waals surface area contributed by atoms with Gasteiger partial charge in [-0.1, -0.05) is 36.0 Å². The van der Waals surface area contributed by atoms with E-state index in [1.807, 2.05) is 0 Å². The predicted octanol–water partition coefficient (Wildman–Crippen LogP) is 4.67. The summed E-state index contributed by atoms with van der Waals surface area (Å²) in [6.07, 6.45) is 5.25. The van der Waals surface area contributed by atoms with E-state index < -0.39 is 0 Å². The summed E-state index contributed by atoms with van der Waals surface area (Å²) in [6.45, 7) is 1.45. The molecule has 5 heteroatoms. The van der Waals surface area contributed by atoms with Crippen molar-refractivity contribution in [1.29, 1.82) is 0 Å². The molecule has 18 heavy (non-hydrogen) atoms. The Bertz CT molecular complexity index is 408. The van der Waals surface area contributed by atoms with Crippen LogP contribution in [-0.2, 0) is 0 Å². The third-order valence-corrected chi connectivity index (χ3v) is 4.62. The Kier molecular flexibility index (Phi) is 5.61. The van der Waals surface area contributed by atoms with Gasteiger partial charge < -0.3 is 10.1 Å². The first-order valence-electron chi connectivity index (χ1n) is 6.17. The molecule has 1 aliphatic carbocycles. The predicted molar refractivity (Wildman–Crippen MR) is 79.9 cm³/mol. The van der Waals surface area contributed by atoms with E-state index in [1.54, 1.807) is 12.1 Å². The highest BCUT2D eigenvalue weighted by Gasteiger charge is 2.13. The van der Waals surface area contributed by atoms with Gasteiger partial charge in [0.1, 0.15) is 12.4 Å². The standard InChI is InChI=1S/C13H16BrCl2NO/c14-10-7-12(16)13(8-11(10)15)18-6-5-17-9-3-1-2-4-9/h7-9,17H,1-6H2. The van der Waals surface area contributed by atoms with Crippen molar-refractivity contribution >= 4 is 39.1 Å². The van der Waals surface area contributed by atoms with Crippen LogP contribution in [0.2, 0.25) is 10.0 Å². The molecule has 1 N–H and O–H groups in total. The van der Waals surface area contributed by atoms with Crippen LogP contribution in [-0.4, -0.2) is 19.2 Å². The zero-order valence-electron chi connectivity index (χ0n) is 10.0. The Labute approximate surface area is 126 Å². The van der Waals surface area contributed by atoms with E-state index in [0.29, 0.717) is 28.4 Å². The molecule has 0 saturated heterocycles. The van der Waals surface area contributed by atoms with E-state index in [2.05, 4.69) is 21.2 Å². The number of ether oxygens (including phenoxy) is 1. The summed E-state index contributed by atoms with van der Waals surface area (Å²) in [7, 11) is 0. The second-order valence-electron chi connectivity index (χ2n) is 4.48. The summed E-state index contributed by atoms with van der Waals surface area (Å²) < 4.78 is 6.42. The molecule has 1 saturated carbocycles. The van der Waals surface area contributed by atoms with E-state index in [1.165, 1.54) is 25.7 Å². The maximum absolute atomic E-state index is 6.07. The molecule has 2 nitrogen and oxygen atoms in total. The van der Waals surface area contributed by atoms with Crippen molar-refractivity contribution in [2.75, 3.05) is 13.2 Å². The number of nitrogens with one attached hydrogen (secondary N) is 1. The Morgan fingerprint density at radius 2 is 1.94 bits per heavy atom. The zero-order chi connectivity index (χ0) is 13.0. The highest BCUT2D eigenvalue weighted by Crippen LogP contribution is 2.33. The summed E-state index contributed by atoms with van der Waals surface area (Å²) in [6, 6.07) is 4.16. The van der Waals surface area contributed by atoms with Gasteiger partial charge in [0.15, 0.2) is 0 Å². The molecule has 0 atom stereocenters. The largest absolute Gasteiger partial charge is 0.491 e. The average molecular weight is 353 g/mol. The SMILES string of the molecule is Clc1cc(OCCNC2CCCC2)c(Cl)cc1Br. The van der Waals surface area contributed by atoms with Gasteiger partial charge in [-0.05, 0) is 34.8 Å². The number of hydrogen-bond acceptors (Lipinski definition) is 2. The molecule has 1 aromatic rings. The minimum Gasteiger partial charge on any atom is -0.491 e. The molecule has 0 unspecified atom stereocenters. The van der Waals surface area contributed by atoms with Crippen LogP contribution >= 0.6 is 39.1 Å². The van der Waals surface area contributed by atoms with Crippen molar-refractivity contribution in [3.63, 3.8) is 0 Å². The molecule has 0 spiro atoms. The molecule has 0 aliphatic heterocycles. The van der Waals surface area contributed by atoms with Gasteiger partial charge in [0.2, 0.25) is 0 Å². The van der Waals surface area contributed by atoms with Crippen molar-refractivity contribution in [3.05, 3.63) is 26.7 Å². The van der Waals surface area contributed by atoms with Crippen molar-refractivity contribution in [1.82, 2.24) is 5.32 Å². The van der Waals surface area contributed by atoms with Crippen molar-refractivity contribution in [3.8, 4) is 5.75 Å². The molecule has 100 valence electrons. The number of halogens is 3. The fraction of sp³-hybridized carbons (Fsp3) is 0.538. The van der Waals surface area contributed by atoms with E-state index in [-0.39, 0.29) is 0 Å². The minimum absolute atomic E-state index is 0.576. The number of benzene rings is 1. The molecule has 1 aromatic carbocycles. The van der Waals surface area contributed by atoms with Gasteiger partial charge in [-0.3, -0.25) is 0 Å². The quantitative estimate of drug-likeness (QED) is 0.614. The Morgan fingerprint density at radius 3 is 2.67 bits per heavy atom. The summed E-state index contributed by atoms with van der Waals surface area (Å²) in [5, 5.41) is 4.67. The Morgan fingerprint density at radius 1 is 1.22 bits per heavy atom. The second-order valence-corrected chi connectivity index (χ2v) is 6.15. The van der Waals surface area contributed by atoms with Gasteiger partial charge in [-0.15, -0.1) is 0 Å². The lowest BCUT2D eigenvalue weighted by atomic mass is 10.2. The fourth-order valence-corrected chi connectivity index (χ4v) is 3.02. The van der Waals surface area contributed by atoms with Crippen LogP contribution in [0.5, 0.6) is 5.75 Å². The van der Waals surface area contributed by atoms with Crippen molar-refractivity contribution in [2.45, 2.75) is 31.7 Å². The lowest BCUT2D eigenvalue weighted by Crippen LogP contribution is -2.30. The van der Waals surface area contributed by atoms with E-state index >= 15 is 0 Å². The van der Waals surface area contributed by atoms with Crippen LogP contribution in [0, 0.1) is 0 Å². The Balaban J connectivity index is 1.77. The van der Waals surface area contributed by atoms with Crippen LogP contribution in [0.1, 0.15) is 25.7 Å². The third kappa shape index (κ3) is 4.02. The smallest absolute Gasteiger partial charge is 0.139 e. The first-order valence-corrected chi connectivity index (χ1v) is 7.72. The summed E-state index contributed by atoms with van der Waals surface area (Å²) in [4.78, 5) is 0. The minimum atomic E-state index is 0.576. The molecule has 0 heterocycles. The topological polar surface area (TPSA) is 21.3 Å². The van der Waals surface area contributed by atoms with Gasteiger partial charge in [0.05, 0.1) is 10.0 Å². The lowest BCUT2D eigenvalue weighted by molar-refractivity contribution is 0.305. The second kappa shape index (κ2) is 6.99. The van der Waals surface area contributed by atoms with E-state index in [9.17, 15) is 0 Å². The summed E-state index contributed by atoms with van der Waals surface area (Å²) >= 11 is 15.4. The molecule has 1 aliphatic rings.